The quantitative estimate of drug-likeness (QED) is 0.379. The molecule has 1 unspecified atom stereocenters. The van der Waals surface area contributed by atoms with E-state index in [1.54, 1.807) is 23.5 Å². The van der Waals surface area contributed by atoms with Gasteiger partial charge in [0.25, 0.3) is 0 Å². The van der Waals surface area contributed by atoms with Crippen molar-refractivity contribution in [2.24, 2.45) is 0 Å². The van der Waals surface area contributed by atoms with Gasteiger partial charge in [0.1, 0.15) is 6.10 Å². The Morgan fingerprint density at radius 2 is 1.91 bits per heavy atom. The van der Waals surface area contributed by atoms with Crippen LogP contribution in [0.25, 0.3) is 5.70 Å². The lowest BCUT2D eigenvalue weighted by Gasteiger charge is -2.31. The molecule has 1 aromatic heterocycles. The van der Waals surface area contributed by atoms with E-state index in [0.29, 0.717) is 29.1 Å². The van der Waals surface area contributed by atoms with Crippen molar-refractivity contribution >= 4 is 52.0 Å². The first-order valence-corrected chi connectivity index (χ1v) is 13.2. The first-order valence-electron chi connectivity index (χ1n) is 11.6. The Bertz CT molecular complexity index is 1260. The van der Waals surface area contributed by atoms with Gasteiger partial charge in [-0.15, -0.1) is 11.3 Å². The van der Waals surface area contributed by atoms with Crippen molar-refractivity contribution in [3.05, 3.63) is 85.3 Å². The largest absolute Gasteiger partial charge is 0.324 e. The minimum Gasteiger partial charge on any atom is -0.324 e. The summed E-state index contributed by atoms with van der Waals surface area (Å²) in [5, 5.41) is 7.31. The van der Waals surface area contributed by atoms with E-state index < -0.39 is 0 Å². The Morgan fingerprint density at radius 3 is 2.66 bits per heavy atom. The van der Waals surface area contributed by atoms with E-state index in [1.807, 2.05) is 54.5 Å². The molecule has 2 aliphatic heterocycles. The Kier molecular flexibility index (Phi) is 7.02. The summed E-state index contributed by atoms with van der Waals surface area (Å²) in [6.45, 7) is 5.44. The van der Waals surface area contributed by atoms with Gasteiger partial charge in [-0.05, 0) is 62.1 Å². The predicted octanol–water partition coefficient (Wildman–Crippen LogP) is 7.10. The highest BCUT2D eigenvalue weighted by Crippen LogP contribution is 2.38. The second-order valence-electron chi connectivity index (χ2n) is 8.94. The number of hydrogen-bond acceptors (Lipinski definition) is 5. The number of piperidine rings is 1. The van der Waals surface area contributed by atoms with Crippen LogP contribution in [0, 0.1) is 13.8 Å². The van der Waals surface area contributed by atoms with Crippen LogP contribution in [0.5, 0.6) is 0 Å². The van der Waals surface area contributed by atoms with Crippen molar-refractivity contribution in [2.45, 2.75) is 38.7 Å². The Labute approximate surface area is 218 Å². The first kappa shape index (κ1) is 24.1. The molecular weight excluding hydrogens is 503 g/mol. The van der Waals surface area contributed by atoms with Crippen LogP contribution in [0.2, 0.25) is 10.0 Å². The summed E-state index contributed by atoms with van der Waals surface area (Å²) in [7, 11) is 0. The number of hydrogen-bond donors (Lipinski definition) is 2. The molecule has 1 atom stereocenters. The van der Waals surface area contributed by atoms with Gasteiger partial charge in [0.05, 0.1) is 16.4 Å². The van der Waals surface area contributed by atoms with E-state index in [2.05, 4.69) is 10.8 Å². The van der Waals surface area contributed by atoms with Crippen LogP contribution < -0.4 is 10.8 Å². The fraction of sp³-hybridized carbons (Fsp3) is 0.308. The van der Waals surface area contributed by atoms with E-state index in [4.69, 9.17) is 33.0 Å². The van der Waals surface area contributed by atoms with Crippen molar-refractivity contribution in [3.63, 3.8) is 0 Å². The maximum Gasteiger partial charge on any atom is 0.321 e. The fourth-order valence-corrected chi connectivity index (χ4v) is 6.01. The molecule has 0 bridgehead atoms. The van der Waals surface area contributed by atoms with Gasteiger partial charge in [0.2, 0.25) is 0 Å². The molecule has 2 aliphatic rings. The monoisotopic (exact) mass is 528 g/mol. The molecule has 1 fully saturated rings. The predicted molar refractivity (Wildman–Crippen MR) is 142 cm³/mol. The van der Waals surface area contributed by atoms with Crippen LogP contribution in [0.4, 0.5) is 10.5 Å². The minimum atomic E-state index is -0.380. The number of nitrogens with one attached hydrogen (secondary N) is 2. The van der Waals surface area contributed by atoms with Gasteiger partial charge in [0, 0.05) is 45.7 Å². The molecule has 0 saturated carbocycles. The highest BCUT2D eigenvalue weighted by Gasteiger charge is 2.28. The Hall–Kier alpha value is -2.58. The number of halogens is 2. The highest BCUT2D eigenvalue weighted by atomic mass is 35.5. The number of amides is 2. The number of benzene rings is 2. The molecule has 5 rings (SSSR count). The summed E-state index contributed by atoms with van der Waals surface area (Å²) < 4.78 is 0. The third-order valence-electron chi connectivity index (χ3n) is 6.46. The maximum absolute atomic E-state index is 12.8. The van der Waals surface area contributed by atoms with Crippen molar-refractivity contribution in [3.8, 4) is 0 Å². The van der Waals surface area contributed by atoms with Crippen molar-refractivity contribution < 1.29 is 9.63 Å². The van der Waals surface area contributed by atoms with Crippen LogP contribution in [-0.4, -0.2) is 29.0 Å². The highest BCUT2D eigenvalue weighted by molar-refractivity contribution is 7.09. The number of rotatable bonds is 4. The van der Waals surface area contributed by atoms with Gasteiger partial charge in [-0.3, -0.25) is 10.3 Å². The lowest BCUT2D eigenvalue weighted by atomic mass is 9.98. The number of nitrogens with zero attached hydrogens (tertiary/aromatic N) is 2. The van der Waals surface area contributed by atoms with Crippen LogP contribution >= 0.6 is 34.5 Å². The molecule has 2 amide bonds. The molecule has 3 heterocycles. The SMILES string of the molecule is Cc1ccc(C)c(NC(=O)N2CCC(c3nc(C4=CC(c5c(Cl)cccc5Cl)ON4)cs3)CC2)c1. The van der Waals surface area contributed by atoms with E-state index >= 15 is 0 Å². The van der Waals surface area contributed by atoms with E-state index in [9.17, 15) is 4.79 Å². The molecule has 9 heteroatoms. The number of thiazole rings is 1. The van der Waals surface area contributed by atoms with Gasteiger partial charge >= 0.3 is 6.03 Å². The van der Waals surface area contributed by atoms with Gasteiger partial charge in [0.15, 0.2) is 0 Å². The summed E-state index contributed by atoms with van der Waals surface area (Å²) in [5.41, 5.74) is 8.41. The molecule has 35 heavy (non-hydrogen) atoms. The first-order chi connectivity index (χ1) is 16.9. The minimum absolute atomic E-state index is 0.0429. The van der Waals surface area contributed by atoms with E-state index in [1.165, 1.54) is 0 Å². The van der Waals surface area contributed by atoms with Crippen LogP contribution in [0.15, 0.2) is 47.9 Å². The van der Waals surface area contributed by atoms with Crippen LogP contribution in [-0.2, 0) is 4.84 Å². The summed E-state index contributed by atoms with van der Waals surface area (Å²) in [4.78, 5) is 25.3. The lowest BCUT2D eigenvalue weighted by Crippen LogP contribution is -2.40. The van der Waals surface area contributed by atoms with Crippen LogP contribution in [0.1, 0.15) is 52.3 Å². The zero-order valence-corrected chi connectivity index (χ0v) is 21.8. The normalized spacial score (nSPS) is 18.3. The second-order valence-corrected chi connectivity index (χ2v) is 10.6. The zero-order valence-electron chi connectivity index (χ0n) is 19.5. The number of carbonyl (C=O) groups excluding carboxylic acids is 1. The number of hydroxylamine groups is 1. The average molecular weight is 529 g/mol. The number of carbonyl (C=O) groups is 1. The Morgan fingerprint density at radius 1 is 1.17 bits per heavy atom. The summed E-state index contributed by atoms with van der Waals surface area (Å²) in [6.07, 6.45) is 3.34. The van der Waals surface area contributed by atoms with E-state index in [0.717, 1.165) is 51.6 Å². The smallest absolute Gasteiger partial charge is 0.321 e. The lowest BCUT2D eigenvalue weighted by molar-refractivity contribution is 0.0511. The topological polar surface area (TPSA) is 66.5 Å². The number of anilines is 1. The van der Waals surface area contributed by atoms with Crippen molar-refractivity contribution in [2.75, 3.05) is 18.4 Å². The molecule has 0 radical (unpaired) electrons. The second kappa shape index (κ2) is 10.2. The average Bonchev–Trinajstić information content (AvgIpc) is 3.52. The number of urea groups is 1. The van der Waals surface area contributed by atoms with Crippen molar-refractivity contribution in [1.29, 1.82) is 0 Å². The molecule has 2 N–H and O–H groups in total. The molecule has 6 nitrogen and oxygen atoms in total. The van der Waals surface area contributed by atoms with Crippen LogP contribution in [0.3, 0.4) is 0 Å². The maximum atomic E-state index is 12.8. The molecule has 2 aromatic carbocycles. The summed E-state index contributed by atoms with van der Waals surface area (Å²) in [5.74, 6) is 0.329. The molecule has 182 valence electrons. The fourth-order valence-electron chi connectivity index (χ4n) is 4.40. The van der Waals surface area contributed by atoms with Gasteiger partial charge in [-0.25, -0.2) is 9.78 Å². The molecular formula is C26H26Cl2N4O2S. The molecule has 0 spiro atoms. The third-order valence-corrected chi connectivity index (χ3v) is 8.13. The number of likely N-dealkylation sites (tertiary alicyclic amines) is 1. The number of aryl methyl sites for hydroxylation is 2. The molecule has 3 aromatic rings. The summed E-state index contributed by atoms with van der Waals surface area (Å²) >= 11 is 14.3. The molecule has 0 aliphatic carbocycles. The van der Waals surface area contributed by atoms with Crippen molar-refractivity contribution in [1.82, 2.24) is 15.4 Å². The Balaban J connectivity index is 1.21. The van der Waals surface area contributed by atoms with Gasteiger partial charge < -0.3 is 10.2 Å². The van der Waals surface area contributed by atoms with E-state index in [-0.39, 0.29) is 12.1 Å². The zero-order chi connectivity index (χ0) is 24.5. The summed E-state index contributed by atoms with van der Waals surface area (Å²) in [6, 6.07) is 11.5. The third kappa shape index (κ3) is 5.19. The van der Waals surface area contributed by atoms with Gasteiger partial charge in [-0.2, -0.15) is 0 Å². The van der Waals surface area contributed by atoms with Gasteiger partial charge in [-0.1, -0.05) is 41.4 Å². The number of aromatic nitrogens is 1. The standard InChI is InChI=1S/C26H26Cl2N4O2S/c1-15-6-7-16(2)20(12-15)30-26(33)32-10-8-17(9-11-32)25-29-22(14-35-25)21-13-23(34-31-21)24-18(27)4-3-5-19(24)28/h3-7,12-14,17,23,31H,8-11H2,1-2H3,(H,30,33). The molecule has 1 saturated heterocycles.